The minimum atomic E-state index is -0.936. The summed E-state index contributed by atoms with van der Waals surface area (Å²) >= 11 is 3.29. The second-order valence-electron chi connectivity index (χ2n) is 3.17. The Bertz CT molecular complexity index is 361. The van der Waals surface area contributed by atoms with Crippen LogP contribution in [0.1, 0.15) is 34.8 Å². The number of rotatable bonds is 2. The fourth-order valence-electron chi connectivity index (χ4n) is 1.34. The van der Waals surface area contributed by atoms with Crippen LogP contribution in [0, 0.1) is 0 Å². The van der Waals surface area contributed by atoms with E-state index in [9.17, 15) is 4.79 Å². The highest BCUT2D eigenvalue weighted by atomic mass is 79.9. The lowest BCUT2D eigenvalue weighted by molar-refractivity contribution is 0.0689. The van der Waals surface area contributed by atoms with Crippen molar-refractivity contribution in [2.75, 3.05) is 0 Å². The molecule has 4 heteroatoms. The molecule has 68 valence electrons. The van der Waals surface area contributed by atoms with Crippen molar-refractivity contribution in [3.8, 4) is 0 Å². The van der Waals surface area contributed by atoms with Crippen molar-refractivity contribution < 1.29 is 9.90 Å². The average Bonchev–Trinajstić information content (AvgIpc) is 2.85. The number of aromatic nitrogens is 1. The number of hydrogen-bond donors (Lipinski definition) is 1. The molecule has 1 saturated carbocycles. The van der Waals surface area contributed by atoms with Crippen LogP contribution in [0.2, 0.25) is 0 Å². The van der Waals surface area contributed by atoms with Crippen LogP contribution in [-0.4, -0.2) is 16.1 Å². The van der Waals surface area contributed by atoms with Gasteiger partial charge in [-0.25, -0.2) is 9.78 Å². The molecule has 2 rings (SSSR count). The number of halogens is 1. The molecule has 1 N–H and O–H groups in total. The zero-order chi connectivity index (χ0) is 9.42. The first-order valence-electron chi connectivity index (χ1n) is 4.07. The Morgan fingerprint density at radius 2 is 2.31 bits per heavy atom. The monoisotopic (exact) mass is 241 g/mol. The van der Waals surface area contributed by atoms with Gasteiger partial charge in [-0.15, -0.1) is 0 Å². The fraction of sp³-hybridized carbons (Fsp3) is 0.333. The van der Waals surface area contributed by atoms with Gasteiger partial charge >= 0.3 is 5.97 Å². The van der Waals surface area contributed by atoms with Gasteiger partial charge < -0.3 is 5.11 Å². The number of carbonyl (C=O) groups is 1. The van der Waals surface area contributed by atoms with Gasteiger partial charge in [0.15, 0.2) is 5.69 Å². The van der Waals surface area contributed by atoms with Crippen LogP contribution >= 0.6 is 15.9 Å². The number of hydrogen-bond acceptors (Lipinski definition) is 2. The predicted molar refractivity (Wildman–Crippen MR) is 50.9 cm³/mol. The summed E-state index contributed by atoms with van der Waals surface area (Å²) in [5.74, 6) is -0.523. The molecule has 0 aliphatic heterocycles. The Hall–Kier alpha value is -0.900. The van der Waals surface area contributed by atoms with E-state index in [1.54, 1.807) is 0 Å². The molecule has 1 aliphatic carbocycles. The van der Waals surface area contributed by atoms with Crippen LogP contribution in [0.25, 0.3) is 0 Å². The number of nitrogens with zero attached hydrogens (tertiary/aromatic N) is 1. The molecule has 1 aromatic heterocycles. The second kappa shape index (κ2) is 3.10. The fourth-order valence-corrected chi connectivity index (χ4v) is 1.69. The lowest BCUT2D eigenvalue weighted by Crippen LogP contribution is -2.04. The molecule has 0 aromatic carbocycles. The summed E-state index contributed by atoms with van der Waals surface area (Å²) in [4.78, 5) is 14.7. The molecule has 1 fully saturated rings. The molecule has 0 spiro atoms. The molecule has 1 aromatic rings. The molecule has 13 heavy (non-hydrogen) atoms. The van der Waals surface area contributed by atoms with E-state index in [2.05, 4.69) is 20.9 Å². The van der Waals surface area contributed by atoms with E-state index in [4.69, 9.17) is 5.11 Å². The normalized spacial score (nSPS) is 15.8. The van der Waals surface area contributed by atoms with Crippen molar-refractivity contribution in [3.63, 3.8) is 0 Å². The molecule has 0 unspecified atom stereocenters. The summed E-state index contributed by atoms with van der Waals surface area (Å²) in [5, 5.41) is 8.86. The smallest absolute Gasteiger partial charge is 0.354 e. The standard InChI is InChI=1S/C9H8BrNO2/c10-6-3-7(5-1-2-5)8(9(12)13)11-4-6/h3-5H,1-2H2,(H,12,13). The maximum atomic E-state index is 10.8. The molecular weight excluding hydrogens is 234 g/mol. The Kier molecular flexibility index (Phi) is 2.07. The van der Waals surface area contributed by atoms with E-state index < -0.39 is 5.97 Å². The average molecular weight is 242 g/mol. The van der Waals surface area contributed by atoms with Gasteiger partial charge in [-0.1, -0.05) is 0 Å². The van der Waals surface area contributed by atoms with Gasteiger partial charge in [0.25, 0.3) is 0 Å². The van der Waals surface area contributed by atoms with Gasteiger partial charge in [0, 0.05) is 10.7 Å². The molecule has 3 nitrogen and oxygen atoms in total. The van der Waals surface area contributed by atoms with E-state index in [-0.39, 0.29) is 5.69 Å². The van der Waals surface area contributed by atoms with Crippen molar-refractivity contribution in [1.29, 1.82) is 0 Å². The Morgan fingerprint density at radius 3 is 2.85 bits per heavy atom. The molecular formula is C9H8BrNO2. The van der Waals surface area contributed by atoms with Crippen molar-refractivity contribution in [1.82, 2.24) is 4.98 Å². The number of pyridine rings is 1. The topological polar surface area (TPSA) is 50.2 Å². The maximum Gasteiger partial charge on any atom is 0.354 e. The third kappa shape index (κ3) is 1.72. The number of carboxylic acids is 1. The minimum absolute atomic E-state index is 0.200. The quantitative estimate of drug-likeness (QED) is 0.866. The summed E-state index contributed by atoms with van der Waals surface area (Å²) in [7, 11) is 0. The number of carboxylic acid groups (broad SMARTS) is 1. The third-order valence-electron chi connectivity index (χ3n) is 2.10. The highest BCUT2D eigenvalue weighted by Gasteiger charge is 2.28. The van der Waals surface area contributed by atoms with Crippen molar-refractivity contribution in [2.45, 2.75) is 18.8 Å². The first-order chi connectivity index (χ1) is 6.18. The third-order valence-corrected chi connectivity index (χ3v) is 2.54. The van der Waals surface area contributed by atoms with E-state index in [0.29, 0.717) is 5.92 Å². The summed E-state index contributed by atoms with van der Waals surface area (Å²) in [6.45, 7) is 0. The summed E-state index contributed by atoms with van der Waals surface area (Å²) in [5.41, 5.74) is 1.06. The number of aromatic carboxylic acids is 1. The van der Waals surface area contributed by atoms with E-state index in [1.807, 2.05) is 6.07 Å². The van der Waals surface area contributed by atoms with E-state index >= 15 is 0 Å². The SMILES string of the molecule is O=C(O)c1ncc(Br)cc1C1CC1. The highest BCUT2D eigenvalue weighted by Crippen LogP contribution is 2.41. The van der Waals surface area contributed by atoms with Gasteiger partial charge in [-0.2, -0.15) is 0 Å². The zero-order valence-corrected chi connectivity index (χ0v) is 8.41. The minimum Gasteiger partial charge on any atom is -0.477 e. The molecule has 0 saturated heterocycles. The second-order valence-corrected chi connectivity index (χ2v) is 4.09. The molecule has 1 heterocycles. The van der Waals surface area contributed by atoms with E-state index in [0.717, 1.165) is 22.9 Å². The summed E-state index contributed by atoms with van der Waals surface area (Å²) in [6, 6.07) is 1.86. The van der Waals surface area contributed by atoms with Gasteiger partial charge in [-0.3, -0.25) is 0 Å². The van der Waals surface area contributed by atoms with Crippen LogP contribution < -0.4 is 0 Å². The van der Waals surface area contributed by atoms with Crippen molar-refractivity contribution >= 4 is 21.9 Å². The lowest BCUT2D eigenvalue weighted by Gasteiger charge is -2.02. The molecule has 0 amide bonds. The van der Waals surface area contributed by atoms with Crippen LogP contribution in [0.5, 0.6) is 0 Å². The van der Waals surface area contributed by atoms with Crippen molar-refractivity contribution in [2.24, 2.45) is 0 Å². The van der Waals surface area contributed by atoms with Gasteiger partial charge in [0.1, 0.15) is 0 Å². The van der Waals surface area contributed by atoms with E-state index in [1.165, 1.54) is 6.20 Å². The highest BCUT2D eigenvalue weighted by molar-refractivity contribution is 9.10. The lowest BCUT2D eigenvalue weighted by atomic mass is 10.1. The van der Waals surface area contributed by atoms with Gasteiger partial charge in [-0.05, 0) is 46.3 Å². The first kappa shape index (κ1) is 8.69. The molecule has 0 radical (unpaired) electrons. The molecule has 0 bridgehead atoms. The Morgan fingerprint density at radius 1 is 1.62 bits per heavy atom. The van der Waals surface area contributed by atoms with Gasteiger partial charge in [0.2, 0.25) is 0 Å². The summed E-state index contributed by atoms with van der Waals surface area (Å²) < 4.78 is 0.847. The van der Waals surface area contributed by atoms with Crippen LogP contribution in [0.15, 0.2) is 16.7 Å². The van der Waals surface area contributed by atoms with Crippen LogP contribution in [0.3, 0.4) is 0 Å². The van der Waals surface area contributed by atoms with Crippen molar-refractivity contribution in [3.05, 3.63) is 28.0 Å². The van der Waals surface area contributed by atoms with Crippen LogP contribution in [0.4, 0.5) is 0 Å². The summed E-state index contributed by atoms with van der Waals surface area (Å²) in [6.07, 6.45) is 3.69. The largest absolute Gasteiger partial charge is 0.477 e. The Balaban J connectivity index is 2.47. The zero-order valence-electron chi connectivity index (χ0n) is 6.83. The maximum absolute atomic E-state index is 10.8. The van der Waals surface area contributed by atoms with Gasteiger partial charge in [0.05, 0.1) is 0 Å². The predicted octanol–water partition coefficient (Wildman–Crippen LogP) is 2.42. The molecule has 0 atom stereocenters. The first-order valence-corrected chi connectivity index (χ1v) is 4.86. The Labute approximate surface area is 83.9 Å². The molecule has 1 aliphatic rings. The van der Waals surface area contributed by atoms with Crippen LogP contribution in [-0.2, 0) is 0 Å².